The molecule has 22 heavy (non-hydrogen) atoms. The standard InChI is InChI=1S/C15H16ClFN2O3/c16-12-5-8(17)1-4-13(12)18-14(21)15(22)19-9-2-3-10(19)7-11(20)6-9/h1,4-5,9-11,20H,2-3,6-7H2,(H,18,21). The van der Waals surface area contributed by atoms with Crippen LogP contribution in [-0.2, 0) is 9.59 Å². The van der Waals surface area contributed by atoms with E-state index in [9.17, 15) is 19.1 Å². The third-order valence-electron chi connectivity index (χ3n) is 4.32. The highest BCUT2D eigenvalue weighted by molar-refractivity contribution is 6.41. The van der Waals surface area contributed by atoms with Crippen molar-refractivity contribution in [3.63, 3.8) is 0 Å². The van der Waals surface area contributed by atoms with Gasteiger partial charge in [0.1, 0.15) is 5.82 Å². The number of anilines is 1. The number of rotatable bonds is 1. The van der Waals surface area contributed by atoms with Gasteiger partial charge in [-0.1, -0.05) is 11.6 Å². The molecule has 118 valence electrons. The maximum Gasteiger partial charge on any atom is 0.313 e. The third kappa shape index (κ3) is 2.80. The van der Waals surface area contributed by atoms with Crippen molar-refractivity contribution in [1.29, 1.82) is 0 Å². The number of aliphatic hydroxyl groups is 1. The van der Waals surface area contributed by atoms with Crippen molar-refractivity contribution in [2.75, 3.05) is 5.32 Å². The van der Waals surface area contributed by atoms with Gasteiger partial charge in [0.25, 0.3) is 0 Å². The summed E-state index contributed by atoms with van der Waals surface area (Å²) in [6, 6.07) is 3.37. The highest BCUT2D eigenvalue weighted by Crippen LogP contribution is 2.36. The number of hydrogen-bond acceptors (Lipinski definition) is 3. The fourth-order valence-electron chi connectivity index (χ4n) is 3.36. The van der Waals surface area contributed by atoms with E-state index in [0.717, 1.165) is 25.0 Å². The van der Waals surface area contributed by atoms with Gasteiger partial charge in [0, 0.05) is 12.1 Å². The maximum absolute atomic E-state index is 13.0. The van der Waals surface area contributed by atoms with Crippen LogP contribution in [0, 0.1) is 5.82 Å². The van der Waals surface area contributed by atoms with Crippen LogP contribution in [0.1, 0.15) is 25.7 Å². The second-order valence-corrected chi connectivity index (χ2v) is 6.21. The van der Waals surface area contributed by atoms with Crippen LogP contribution in [0.3, 0.4) is 0 Å². The Morgan fingerprint density at radius 2 is 1.91 bits per heavy atom. The second-order valence-electron chi connectivity index (χ2n) is 5.80. The fraction of sp³-hybridized carbons (Fsp3) is 0.467. The van der Waals surface area contributed by atoms with E-state index in [0.29, 0.717) is 12.8 Å². The van der Waals surface area contributed by atoms with E-state index in [1.807, 2.05) is 0 Å². The van der Waals surface area contributed by atoms with E-state index >= 15 is 0 Å². The fourth-order valence-corrected chi connectivity index (χ4v) is 3.58. The molecule has 2 atom stereocenters. The molecule has 2 fully saturated rings. The van der Waals surface area contributed by atoms with Gasteiger partial charge in [0.2, 0.25) is 0 Å². The molecule has 3 rings (SSSR count). The zero-order chi connectivity index (χ0) is 15.9. The van der Waals surface area contributed by atoms with Gasteiger partial charge >= 0.3 is 11.8 Å². The molecule has 2 aliphatic rings. The SMILES string of the molecule is O=C(Nc1ccc(F)cc1Cl)C(=O)N1C2CCC1CC(O)C2. The van der Waals surface area contributed by atoms with Crippen LogP contribution in [-0.4, -0.2) is 40.0 Å². The summed E-state index contributed by atoms with van der Waals surface area (Å²) in [5, 5.41) is 12.2. The van der Waals surface area contributed by atoms with Crippen LogP contribution in [0.25, 0.3) is 0 Å². The van der Waals surface area contributed by atoms with Gasteiger partial charge in [0.05, 0.1) is 16.8 Å². The van der Waals surface area contributed by atoms with Crippen molar-refractivity contribution in [2.24, 2.45) is 0 Å². The number of fused-ring (bicyclic) bond motifs is 2. The summed E-state index contributed by atoms with van der Waals surface area (Å²) in [5.41, 5.74) is 0.200. The van der Waals surface area contributed by atoms with E-state index < -0.39 is 23.7 Å². The minimum Gasteiger partial charge on any atom is -0.393 e. The van der Waals surface area contributed by atoms with Gasteiger partial charge in [-0.25, -0.2) is 4.39 Å². The van der Waals surface area contributed by atoms with Gasteiger partial charge in [-0.2, -0.15) is 0 Å². The van der Waals surface area contributed by atoms with E-state index in [1.165, 1.54) is 6.07 Å². The number of carbonyl (C=O) groups is 2. The summed E-state index contributed by atoms with van der Waals surface area (Å²) < 4.78 is 13.0. The van der Waals surface area contributed by atoms with Crippen molar-refractivity contribution in [1.82, 2.24) is 4.90 Å². The number of halogens is 2. The molecule has 2 N–H and O–H groups in total. The summed E-state index contributed by atoms with van der Waals surface area (Å²) >= 11 is 5.84. The normalized spacial score (nSPS) is 26.9. The average molecular weight is 327 g/mol. The largest absolute Gasteiger partial charge is 0.393 e. The number of amides is 2. The third-order valence-corrected chi connectivity index (χ3v) is 4.63. The van der Waals surface area contributed by atoms with Crippen molar-refractivity contribution < 1.29 is 19.1 Å². The number of hydrogen-bond donors (Lipinski definition) is 2. The molecule has 7 heteroatoms. The predicted molar refractivity (Wildman–Crippen MR) is 78.9 cm³/mol. The topological polar surface area (TPSA) is 69.6 Å². The lowest BCUT2D eigenvalue weighted by atomic mass is 10.00. The molecule has 2 saturated heterocycles. The highest BCUT2D eigenvalue weighted by Gasteiger charge is 2.44. The molecule has 0 aromatic heterocycles. The van der Waals surface area contributed by atoms with Gasteiger partial charge in [-0.05, 0) is 43.9 Å². The van der Waals surface area contributed by atoms with Crippen molar-refractivity contribution in [3.8, 4) is 0 Å². The summed E-state index contributed by atoms with van der Waals surface area (Å²) in [7, 11) is 0. The molecule has 0 saturated carbocycles. The van der Waals surface area contributed by atoms with Gasteiger partial charge < -0.3 is 15.3 Å². The molecule has 0 radical (unpaired) electrons. The highest BCUT2D eigenvalue weighted by atomic mass is 35.5. The van der Waals surface area contributed by atoms with Crippen LogP contribution in [0.2, 0.25) is 5.02 Å². The van der Waals surface area contributed by atoms with Crippen LogP contribution in [0.15, 0.2) is 18.2 Å². The van der Waals surface area contributed by atoms with Crippen LogP contribution in [0.5, 0.6) is 0 Å². The number of aliphatic hydroxyl groups excluding tert-OH is 1. The second kappa shape index (κ2) is 5.85. The smallest absolute Gasteiger partial charge is 0.313 e. The Bertz CT molecular complexity index is 611. The van der Waals surface area contributed by atoms with Crippen LogP contribution in [0.4, 0.5) is 10.1 Å². The first kappa shape index (κ1) is 15.2. The molecule has 0 aliphatic carbocycles. The van der Waals surface area contributed by atoms with Crippen molar-refractivity contribution in [3.05, 3.63) is 29.0 Å². The van der Waals surface area contributed by atoms with Gasteiger partial charge in [-0.15, -0.1) is 0 Å². The molecule has 1 aromatic carbocycles. The minimum absolute atomic E-state index is 0.0400. The molecule has 5 nitrogen and oxygen atoms in total. The number of nitrogens with zero attached hydrogens (tertiary/aromatic N) is 1. The van der Waals surface area contributed by atoms with E-state index in [4.69, 9.17) is 11.6 Å². The molecule has 1 aromatic rings. The summed E-state index contributed by atoms with van der Waals surface area (Å²) in [5.74, 6) is -1.93. The molecule has 0 spiro atoms. The van der Waals surface area contributed by atoms with Crippen LogP contribution < -0.4 is 5.32 Å². The molecule has 2 heterocycles. The molecule has 2 amide bonds. The maximum atomic E-state index is 13.0. The lowest BCUT2D eigenvalue weighted by Gasteiger charge is -2.36. The monoisotopic (exact) mass is 326 g/mol. The van der Waals surface area contributed by atoms with E-state index in [1.54, 1.807) is 4.90 Å². The number of benzene rings is 1. The lowest BCUT2D eigenvalue weighted by Crippen LogP contribution is -2.51. The number of carbonyl (C=O) groups excluding carboxylic acids is 2. The molecule has 2 aliphatic heterocycles. The first-order valence-electron chi connectivity index (χ1n) is 7.22. The van der Waals surface area contributed by atoms with Crippen molar-refractivity contribution >= 4 is 29.1 Å². The Morgan fingerprint density at radius 1 is 1.27 bits per heavy atom. The zero-order valence-corrected chi connectivity index (χ0v) is 12.5. The predicted octanol–water partition coefficient (Wildman–Crippen LogP) is 1.93. The number of nitrogens with one attached hydrogen (secondary N) is 1. The van der Waals surface area contributed by atoms with Gasteiger partial charge in [0.15, 0.2) is 0 Å². The Balaban J connectivity index is 1.71. The quantitative estimate of drug-likeness (QED) is 0.775. The first-order valence-corrected chi connectivity index (χ1v) is 7.60. The zero-order valence-electron chi connectivity index (χ0n) is 11.8. The Morgan fingerprint density at radius 3 is 2.50 bits per heavy atom. The molecular weight excluding hydrogens is 311 g/mol. The number of piperidine rings is 1. The minimum atomic E-state index is -0.790. The Hall–Kier alpha value is -1.66. The summed E-state index contributed by atoms with van der Waals surface area (Å²) in [4.78, 5) is 26.1. The summed E-state index contributed by atoms with van der Waals surface area (Å²) in [6.07, 6.45) is 2.21. The average Bonchev–Trinajstić information content (AvgIpc) is 2.73. The molecule has 2 unspecified atom stereocenters. The Labute approximate surface area is 132 Å². The summed E-state index contributed by atoms with van der Waals surface area (Å²) in [6.45, 7) is 0. The molecular formula is C15H16ClFN2O3. The van der Waals surface area contributed by atoms with Gasteiger partial charge in [-0.3, -0.25) is 9.59 Å². The van der Waals surface area contributed by atoms with Crippen LogP contribution >= 0.6 is 11.6 Å². The van der Waals surface area contributed by atoms with E-state index in [-0.39, 0.29) is 22.8 Å². The first-order chi connectivity index (χ1) is 10.5. The van der Waals surface area contributed by atoms with Crippen molar-refractivity contribution in [2.45, 2.75) is 43.9 Å². The van der Waals surface area contributed by atoms with E-state index in [2.05, 4.69) is 5.32 Å². The molecule has 2 bridgehead atoms. The Kier molecular flexibility index (Phi) is 4.06. The lowest BCUT2D eigenvalue weighted by molar-refractivity contribution is -0.147.